The van der Waals surface area contributed by atoms with Crippen molar-refractivity contribution in [2.45, 2.75) is 58.5 Å². The zero-order valence-electron chi connectivity index (χ0n) is 13.2. The van der Waals surface area contributed by atoms with E-state index in [9.17, 15) is 15.0 Å². The lowest BCUT2D eigenvalue weighted by Crippen LogP contribution is -2.57. The number of ether oxygens (including phenoxy) is 1. The monoisotopic (exact) mass is 294 g/mol. The van der Waals surface area contributed by atoms with E-state index in [1.165, 1.54) is 0 Å². The van der Waals surface area contributed by atoms with Crippen molar-refractivity contribution in [1.29, 1.82) is 0 Å². The fourth-order valence-electron chi connectivity index (χ4n) is 4.69. The van der Waals surface area contributed by atoms with E-state index in [0.717, 1.165) is 31.3 Å². The largest absolute Gasteiger partial charge is 0.431 e. The van der Waals surface area contributed by atoms with E-state index >= 15 is 0 Å². The minimum atomic E-state index is -0.856. The molecule has 0 amide bonds. The topological polar surface area (TPSA) is 66.8 Å². The number of carbonyl (C=O) groups excluding carboxylic acids is 1. The molecule has 4 bridgehead atoms. The van der Waals surface area contributed by atoms with Gasteiger partial charge in [-0.2, -0.15) is 0 Å². The number of rotatable bonds is 5. The lowest BCUT2D eigenvalue weighted by Gasteiger charge is -2.58. The first kappa shape index (κ1) is 15.0. The molecular formula is C17H26O4. The third-order valence-electron chi connectivity index (χ3n) is 5.43. The first-order chi connectivity index (χ1) is 9.77. The molecule has 0 saturated heterocycles. The van der Waals surface area contributed by atoms with Crippen LogP contribution in [-0.4, -0.2) is 28.4 Å². The van der Waals surface area contributed by atoms with E-state index in [0.29, 0.717) is 29.9 Å². The Labute approximate surface area is 126 Å². The summed E-state index contributed by atoms with van der Waals surface area (Å²) in [6.45, 7) is 5.62. The first-order valence-corrected chi connectivity index (χ1v) is 8.06. The van der Waals surface area contributed by atoms with Crippen LogP contribution < -0.4 is 0 Å². The maximum atomic E-state index is 12.5. The van der Waals surface area contributed by atoms with E-state index in [-0.39, 0.29) is 12.6 Å². The summed E-state index contributed by atoms with van der Waals surface area (Å²) in [5.74, 6) is 1.52. The number of hydrogen-bond donors (Lipinski definition) is 2. The molecule has 0 radical (unpaired) electrons. The number of esters is 1. The molecule has 2 N–H and O–H groups in total. The van der Waals surface area contributed by atoms with Crippen molar-refractivity contribution in [2.24, 2.45) is 23.2 Å². The smallest absolute Gasteiger partial charge is 0.319 e. The quantitative estimate of drug-likeness (QED) is 0.764. The van der Waals surface area contributed by atoms with Crippen LogP contribution in [0.4, 0.5) is 0 Å². The molecule has 118 valence electrons. The predicted molar refractivity (Wildman–Crippen MR) is 78.2 cm³/mol. The molecule has 0 aromatic rings. The van der Waals surface area contributed by atoms with Crippen LogP contribution in [0.3, 0.4) is 0 Å². The molecular weight excluding hydrogens is 268 g/mol. The maximum Gasteiger partial charge on any atom is 0.319 e. The van der Waals surface area contributed by atoms with Crippen molar-refractivity contribution in [3.05, 3.63) is 11.3 Å². The van der Waals surface area contributed by atoms with Crippen molar-refractivity contribution in [1.82, 2.24) is 0 Å². The molecule has 0 spiro atoms. The third-order valence-corrected chi connectivity index (χ3v) is 5.43. The predicted octanol–water partition coefficient (Wildman–Crippen LogP) is 2.39. The Morgan fingerprint density at radius 2 is 2.19 bits per heavy atom. The summed E-state index contributed by atoms with van der Waals surface area (Å²) in [6.07, 6.45) is 4.14. The molecule has 4 unspecified atom stereocenters. The second kappa shape index (κ2) is 4.82. The molecule has 0 aliphatic heterocycles. The highest BCUT2D eigenvalue weighted by Crippen LogP contribution is 2.61. The van der Waals surface area contributed by atoms with Gasteiger partial charge < -0.3 is 14.9 Å². The molecule has 5 aliphatic rings. The van der Waals surface area contributed by atoms with Crippen molar-refractivity contribution >= 4 is 5.97 Å². The zero-order chi connectivity index (χ0) is 15.4. The van der Waals surface area contributed by atoms with Gasteiger partial charge in [-0.3, -0.25) is 4.79 Å². The van der Waals surface area contributed by atoms with Crippen LogP contribution in [0.15, 0.2) is 11.3 Å². The van der Waals surface area contributed by atoms with Gasteiger partial charge in [0.2, 0.25) is 0 Å². The fraction of sp³-hybridized carbons (Fsp3) is 0.824. The van der Waals surface area contributed by atoms with E-state index in [4.69, 9.17) is 4.74 Å². The summed E-state index contributed by atoms with van der Waals surface area (Å²) in [5.41, 5.74) is -0.580. The number of aliphatic hydroxyl groups is 2. The number of carbonyl (C=O) groups is 1. The molecule has 3 saturated carbocycles. The van der Waals surface area contributed by atoms with Gasteiger partial charge in [0, 0.05) is 12.0 Å². The normalized spacial score (nSPS) is 36.5. The van der Waals surface area contributed by atoms with Crippen LogP contribution in [0.1, 0.15) is 52.9 Å². The van der Waals surface area contributed by atoms with E-state index < -0.39 is 11.0 Å². The van der Waals surface area contributed by atoms with Gasteiger partial charge >= 0.3 is 5.97 Å². The summed E-state index contributed by atoms with van der Waals surface area (Å²) in [6, 6.07) is 0. The summed E-state index contributed by atoms with van der Waals surface area (Å²) >= 11 is 0. The molecule has 3 fully saturated rings. The van der Waals surface area contributed by atoms with Crippen molar-refractivity contribution in [2.75, 3.05) is 6.61 Å². The Morgan fingerprint density at radius 1 is 1.48 bits per heavy atom. The van der Waals surface area contributed by atoms with Gasteiger partial charge in [0.15, 0.2) is 0 Å². The van der Waals surface area contributed by atoms with Gasteiger partial charge in [-0.25, -0.2) is 0 Å². The van der Waals surface area contributed by atoms with E-state index in [1.807, 2.05) is 13.8 Å². The molecule has 5 aliphatic carbocycles. The average Bonchev–Trinajstić information content (AvgIpc) is 2.35. The number of allylic oxidation sites excluding steroid dienone is 1. The van der Waals surface area contributed by atoms with Crippen LogP contribution >= 0.6 is 0 Å². The van der Waals surface area contributed by atoms with E-state index in [2.05, 4.69) is 0 Å². The van der Waals surface area contributed by atoms with Crippen molar-refractivity contribution in [3.8, 4) is 0 Å². The Hall–Kier alpha value is -0.870. The standard InChI is InChI=1S/C17H26O4/c1-10(2)6-16(3,9-18)15(19)21-13-5-11-4-12-8-17(20,7-11)14(12)13/h10-12,18,20H,4-9H2,1-3H3. The molecule has 0 heterocycles. The average molecular weight is 294 g/mol. The Kier molecular flexibility index (Phi) is 3.45. The van der Waals surface area contributed by atoms with Crippen molar-refractivity contribution in [3.63, 3.8) is 0 Å². The molecule has 0 aromatic carbocycles. The van der Waals surface area contributed by atoms with Gasteiger partial charge in [-0.15, -0.1) is 0 Å². The Morgan fingerprint density at radius 3 is 2.71 bits per heavy atom. The van der Waals surface area contributed by atoms with Crippen LogP contribution in [0.2, 0.25) is 0 Å². The Balaban J connectivity index is 1.78. The molecule has 5 rings (SSSR count). The number of fused-ring (bicyclic) bond motifs is 1. The van der Waals surface area contributed by atoms with Crippen molar-refractivity contribution < 1.29 is 19.7 Å². The molecule has 4 nitrogen and oxygen atoms in total. The minimum absolute atomic E-state index is 0.205. The SMILES string of the molecule is CC(C)CC(C)(CO)C(=O)OC1=C2C3CC(C1)CC2(O)C3. The van der Waals surface area contributed by atoms with Crippen LogP contribution in [0.5, 0.6) is 0 Å². The lowest BCUT2D eigenvalue weighted by atomic mass is 9.50. The highest BCUT2D eigenvalue weighted by Gasteiger charge is 2.59. The highest BCUT2D eigenvalue weighted by atomic mass is 16.5. The van der Waals surface area contributed by atoms with Gasteiger partial charge in [-0.1, -0.05) is 13.8 Å². The summed E-state index contributed by atoms with van der Waals surface area (Å²) < 4.78 is 5.67. The van der Waals surface area contributed by atoms with Crippen LogP contribution in [0.25, 0.3) is 0 Å². The third kappa shape index (κ3) is 2.33. The highest BCUT2D eigenvalue weighted by molar-refractivity contribution is 5.78. The number of hydrogen-bond acceptors (Lipinski definition) is 4. The Bertz CT molecular complexity index is 495. The molecule has 0 aromatic heterocycles. The molecule has 4 heteroatoms. The number of aliphatic hydroxyl groups excluding tert-OH is 1. The molecule has 21 heavy (non-hydrogen) atoms. The van der Waals surface area contributed by atoms with E-state index in [1.54, 1.807) is 6.92 Å². The van der Waals surface area contributed by atoms with Crippen LogP contribution in [-0.2, 0) is 9.53 Å². The van der Waals surface area contributed by atoms with Gasteiger partial charge in [0.1, 0.15) is 5.76 Å². The summed E-state index contributed by atoms with van der Waals surface area (Å²) in [4.78, 5) is 12.5. The van der Waals surface area contributed by atoms with Gasteiger partial charge in [0.25, 0.3) is 0 Å². The van der Waals surface area contributed by atoms with Gasteiger partial charge in [-0.05, 0) is 50.4 Å². The lowest BCUT2D eigenvalue weighted by molar-refractivity contribution is -0.158. The second-order valence-corrected chi connectivity index (χ2v) is 7.99. The first-order valence-electron chi connectivity index (χ1n) is 8.06. The minimum Gasteiger partial charge on any atom is -0.431 e. The molecule has 4 atom stereocenters. The van der Waals surface area contributed by atoms with Gasteiger partial charge in [0.05, 0.1) is 17.6 Å². The summed E-state index contributed by atoms with van der Waals surface area (Å²) in [5, 5.41) is 20.1. The maximum absolute atomic E-state index is 12.5. The summed E-state index contributed by atoms with van der Waals surface area (Å²) in [7, 11) is 0. The fourth-order valence-corrected chi connectivity index (χ4v) is 4.69. The van der Waals surface area contributed by atoms with Crippen LogP contribution in [0, 0.1) is 23.2 Å². The zero-order valence-corrected chi connectivity index (χ0v) is 13.2. The second-order valence-electron chi connectivity index (χ2n) is 7.99.